The van der Waals surface area contributed by atoms with Crippen LogP contribution in [-0.4, -0.2) is 62.3 Å². The molecule has 1 aromatic carbocycles. The second-order valence-electron chi connectivity index (χ2n) is 7.81. The number of carbonyl (C=O) groups excluding carboxylic acids is 2. The monoisotopic (exact) mass is 535 g/mol. The summed E-state index contributed by atoms with van der Waals surface area (Å²) in [4.78, 5) is 28.8. The Labute approximate surface area is 209 Å². The van der Waals surface area contributed by atoms with E-state index in [0.717, 1.165) is 6.07 Å². The SMILES string of the molecule is COCC(=O)NC1(C(=O)N[C@H](C)c2ncc(-c3cc(Cl)cc(Cl)c3OCC(F)F)cc2F)COC1. The molecule has 13 heteroatoms. The standard InChI is InChI=1S/C22H22Cl2F3N3O5/c1-11(29-21(32)22(9-34-10-22)30-18(31)8-33-2)19-16(25)3-12(6-28-19)14-4-13(23)5-15(24)20(14)35-7-17(26)27/h3-6,11,17H,7-10H2,1-2H3,(H,29,32)(H,30,31)/t11-/m1/s1. The number of benzene rings is 1. The molecule has 3 rings (SSSR count). The Kier molecular flexibility index (Phi) is 8.81. The number of amides is 2. The maximum Gasteiger partial charge on any atom is 0.272 e. The Hall–Kier alpha value is -2.60. The van der Waals surface area contributed by atoms with E-state index >= 15 is 4.39 Å². The second-order valence-corrected chi connectivity index (χ2v) is 8.65. The number of rotatable bonds is 10. The van der Waals surface area contributed by atoms with Gasteiger partial charge in [-0.05, 0) is 25.1 Å². The summed E-state index contributed by atoms with van der Waals surface area (Å²) in [5, 5.41) is 5.34. The molecule has 190 valence electrons. The van der Waals surface area contributed by atoms with Crippen LogP contribution in [0.2, 0.25) is 10.0 Å². The first-order chi connectivity index (χ1) is 16.6. The lowest BCUT2D eigenvalue weighted by atomic mass is 9.95. The normalized spacial score (nSPS) is 15.3. The van der Waals surface area contributed by atoms with Gasteiger partial charge in [0.05, 0.1) is 30.0 Å². The highest BCUT2D eigenvalue weighted by molar-refractivity contribution is 6.36. The number of nitrogens with zero attached hydrogens (tertiary/aromatic N) is 1. The summed E-state index contributed by atoms with van der Waals surface area (Å²) < 4.78 is 55.3. The van der Waals surface area contributed by atoms with E-state index in [2.05, 4.69) is 15.6 Å². The minimum Gasteiger partial charge on any atom is -0.485 e. The smallest absolute Gasteiger partial charge is 0.272 e. The first-order valence-corrected chi connectivity index (χ1v) is 11.1. The average Bonchev–Trinajstić information content (AvgIpc) is 2.74. The lowest BCUT2D eigenvalue weighted by molar-refractivity contribution is -0.155. The van der Waals surface area contributed by atoms with E-state index < -0.39 is 42.2 Å². The van der Waals surface area contributed by atoms with Crippen molar-refractivity contribution >= 4 is 35.0 Å². The zero-order valence-electron chi connectivity index (χ0n) is 18.7. The van der Waals surface area contributed by atoms with Crippen molar-refractivity contribution < 1.29 is 37.0 Å². The predicted octanol–water partition coefficient (Wildman–Crippen LogP) is 3.55. The van der Waals surface area contributed by atoms with Crippen LogP contribution in [0.25, 0.3) is 11.1 Å². The molecule has 1 aliphatic rings. The third-order valence-electron chi connectivity index (χ3n) is 5.09. The maximum atomic E-state index is 15.0. The molecule has 8 nitrogen and oxygen atoms in total. The number of hydrogen-bond acceptors (Lipinski definition) is 6. The molecule has 2 heterocycles. The molecule has 1 fully saturated rings. The molecule has 2 amide bonds. The van der Waals surface area contributed by atoms with Crippen molar-refractivity contribution in [1.29, 1.82) is 0 Å². The highest BCUT2D eigenvalue weighted by Crippen LogP contribution is 2.39. The molecular weight excluding hydrogens is 514 g/mol. The van der Waals surface area contributed by atoms with Crippen LogP contribution in [0.3, 0.4) is 0 Å². The summed E-state index contributed by atoms with van der Waals surface area (Å²) in [5.41, 5.74) is -1.04. The zero-order chi connectivity index (χ0) is 25.8. The van der Waals surface area contributed by atoms with Gasteiger partial charge in [-0.2, -0.15) is 0 Å². The van der Waals surface area contributed by atoms with Gasteiger partial charge in [-0.25, -0.2) is 13.2 Å². The number of alkyl halides is 2. The van der Waals surface area contributed by atoms with Gasteiger partial charge in [-0.3, -0.25) is 14.6 Å². The number of halogens is 5. The molecule has 0 saturated carbocycles. The topological polar surface area (TPSA) is 98.8 Å². The fourth-order valence-corrected chi connectivity index (χ4v) is 3.93. The Morgan fingerprint density at radius 1 is 1.26 bits per heavy atom. The van der Waals surface area contributed by atoms with Crippen molar-refractivity contribution in [3.63, 3.8) is 0 Å². The fourth-order valence-electron chi connectivity index (χ4n) is 3.39. The van der Waals surface area contributed by atoms with Gasteiger partial charge < -0.3 is 24.8 Å². The van der Waals surface area contributed by atoms with Crippen molar-refractivity contribution in [1.82, 2.24) is 15.6 Å². The Balaban J connectivity index is 1.81. The molecule has 1 atom stereocenters. The first kappa shape index (κ1) is 27.0. The van der Waals surface area contributed by atoms with Gasteiger partial charge in [0, 0.05) is 29.5 Å². The second kappa shape index (κ2) is 11.4. The Bertz CT molecular complexity index is 1100. The molecule has 0 radical (unpaired) electrons. The minimum atomic E-state index is -2.75. The molecule has 1 aliphatic heterocycles. The van der Waals surface area contributed by atoms with Crippen LogP contribution in [-0.2, 0) is 19.1 Å². The summed E-state index contributed by atoms with van der Waals surface area (Å²) in [7, 11) is 1.34. The number of hydrogen-bond donors (Lipinski definition) is 2. The van der Waals surface area contributed by atoms with E-state index in [1.54, 1.807) is 0 Å². The summed E-state index contributed by atoms with van der Waals surface area (Å²) >= 11 is 12.1. The van der Waals surface area contributed by atoms with Crippen LogP contribution in [0.4, 0.5) is 13.2 Å². The minimum absolute atomic E-state index is 0.0261. The fraction of sp³-hybridized carbons (Fsp3) is 0.409. The molecule has 1 aromatic heterocycles. The molecule has 0 aliphatic carbocycles. The maximum absolute atomic E-state index is 15.0. The van der Waals surface area contributed by atoms with Crippen LogP contribution < -0.4 is 15.4 Å². The van der Waals surface area contributed by atoms with E-state index in [9.17, 15) is 18.4 Å². The Morgan fingerprint density at radius 3 is 2.54 bits per heavy atom. The molecule has 2 N–H and O–H groups in total. The lowest BCUT2D eigenvalue weighted by Crippen LogP contribution is -2.70. The van der Waals surface area contributed by atoms with Crippen LogP contribution in [0.5, 0.6) is 5.75 Å². The number of pyridine rings is 1. The van der Waals surface area contributed by atoms with Crippen molar-refractivity contribution in [2.75, 3.05) is 33.5 Å². The van der Waals surface area contributed by atoms with Gasteiger partial charge in [0.15, 0.2) is 5.54 Å². The number of ether oxygens (including phenoxy) is 3. The summed E-state index contributed by atoms with van der Waals surface area (Å²) in [5.74, 6) is -1.95. The van der Waals surface area contributed by atoms with Gasteiger partial charge in [-0.15, -0.1) is 0 Å². The van der Waals surface area contributed by atoms with Gasteiger partial charge >= 0.3 is 0 Å². The lowest BCUT2D eigenvalue weighted by Gasteiger charge is -2.40. The predicted molar refractivity (Wildman–Crippen MR) is 121 cm³/mol. The van der Waals surface area contributed by atoms with E-state index in [1.165, 1.54) is 32.4 Å². The first-order valence-electron chi connectivity index (χ1n) is 10.3. The molecule has 35 heavy (non-hydrogen) atoms. The van der Waals surface area contributed by atoms with Gasteiger partial charge in [0.2, 0.25) is 5.91 Å². The number of carbonyl (C=O) groups is 2. The van der Waals surface area contributed by atoms with E-state index in [1.807, 2.05) is 0 Å². The van der Waals surface area contributed by atoms with E-state index in [-0.39, 0.29) is 52.4 Å². The van der Waals surface area contributed by atoms with Crippen LogP contribution in [0, 0.1) is 5.82 Å². The third-order valence-corrected chi connectivity index (χ3v) is 5.59. The summed E-state index contributed by atoms with van der Waals surface area (Å²) in [6.45, 7) is 0.261. The highest BCUT2D eigenvalue weighted by atomic mass is 35.5. The van der Waals surface area contributed by atoms with Crippen molar-refractivity contribution in [3.8, 4) is 16.9 Å². The number of nitrogens with one attached hydrogen (secondary N) is 2. The van der Waals surface area contributed by atoms with E-state index in [0.29, 0.717) is 0 Å². The third kappa shape index (κ3) is 6.35. The van der Waals surface area contributed by atoms with E-state index in [4.69, 9.17) is 37.4 Å². The molecular formula is C22H22Cl2F3N3O5. The van der Waals surface area contributed by atoms with Crippen molar-refractivity contribution in [2.45, 2.75) is 24.9 Å². The van der Waals surface area contributed by atoms with Crippen molar-refractivity contribution in [3.05, 3.63) is 46.0 Å². The molecule has 1 saturated heterocycles. The largest absolute Gasteiger partial charge is 0.485 e. The molecule has 0 unspecified atom stereocenters. The quantitative estimate of drug-likeness (QED) is 0.482. The zero-order valence-corrected chi connectivity index (χ0v) is 20.2. The molecule has 0 spiro atoms. The summed E-state index contributed by atoms with van der Waals surface area (Å²) in [6.07, 6.45) is -1.47. The van der Waals surface area contributed by atoms with Gasteiger partial charge in [-0.1, -0.05) is 23.2 Å². The molecule has 2 aromatic rings. The summed E-state index contributed by atoms with van der Waals surface area (Å²) in [6, 6.07) is 2.92. The van der Waals surface area contributed by atoms with Gasteiger partial charge in [0.25, 0.3) is 12.3 Å². The van der Waals surface area contributed by atoms with Crippen molar-refractivity contribution in [2.24, 2.45) is 0 Å². The van der Waals surface area contributed by atoms with Crippen LogP contribution >= 0.6 is 23.2 Å². The Morgan fingerprint density at radius 2 is 1.97 bits per heavy atom. The number of aromatic nitrogens is 1. The van der Waals surface area contributed by atoms with Crippen LogP contribution in [0.1, 0.15) is 18.7 Å². The van der Waals surface area contributed by atoms with Crippen LogP contribution in [0.15, 0.2) is 24.4 Å². The average molecular weight is 536 g/mol. The highest BCUT2D eigenvalue weighted by Gasteiger charge is 2.47. The number of methoxy groups -OCH3 is 1. The molecule has 0 bridgehead atoms. The van der Waals surface area contributed by atoms with Gasteiger partial charge in [0.1, 0.15) is 24.8 Å².